The lowest BCUT2D eigenvalue weighted by Gasteiger charge is -2.28. The molecule has 3 atom stereocenters. The van der Waals surface area contributed by atoms with Crippen molar-refractivity contribution in [3.8, 4) is 29.6 Å². The van der Waals surface area contributed by atoms with Gasteiger partial charge in [-0.25, -0.2) is 18.1 Å². The fraction of sp³-hybridized carbons (Fsp3) is 0.364. The normalized spacial score (nSPS) is 22.5. The molecule has 1 saturated carbocycles. The molecule has 4 aromatic rings. The molecule has 7 rings (SSSR count). The number of halogens is 3. The third kappa shape index (κ3) is 6.33. The third-order valence-electron chi connectivity index (χ3n) is 9.07. The van der Waals surface area contributed by atoms with Crippen molar-refractivity contribution < 1.29 is 48.0 Å². The van der Waals surface area contributed by atoms with Gasteiger partial charge in [0.1, 0.15) is 28.9 Å². The van der Waals surface area contributed by atoms with Gasteiger partial charge >= 0.3 is 12.1 Å². The van der Waals surface area contributed by atoms with E-state index in [9.17, 15) is 24.1 Å². The van der Waals surface area contributed by atoms with E-state index in [-0.39, 0.29) is 82.3 Å². The third-order valence-corrected chi connectivity index (χ3v) is 9.07. The Kier molecular flexibility index (Phi) is 8.75. The standard InChI is InChI=1S/C33H31F3N6O7/c1-2-21-24(35)4-3-17-11-20(37)13-22(27(17)21)29-28(36)30-23(15-38-29)31(42-9-10-46-16-19-12-25(19)42)40-32(39-30)48-49-47-26-6-8-41(33(43,44)45)7-5-18(26)14-34/h1,3-4,11,13-15,19,25-26,43-45H,5-10,12,16,37H2/b18-14-. The maximum Gasteiger partial charge on any atom is 0.359 e. The minimum Gasteiger partial charge on any atom is -0.399 e. The number of nitrogen functional groups attached to an aromatic ring is 1. The van der Waals surface area contributed by atoms with E-state index in [1.807, 2.05) is 4.90 Å². The summed E-state index contributed by atoms with van der Waals surface area (Å²) in [7, 11) is 0. The number of benzene rings is 2. The summed E-state index contributed by atoms with van der Waals surface area (Å²) in [5, 5.41) is 34.6. The van der Waals surface area contributed by atoms with E-state index in [4.69, 9.17) is 31.7 Å². The average Bonchev–Trinajstić information content (AvgIpc) is 3.88. The molecule has 256 valence electrons. The van der Waals surface area contributed by atoms with Crippen molar-refractivity contribution in [2.45, 2.75) is 37.5 Å². The summed E-state index contributed by atoms with van der Waals surface area (Å²) in [6, 6.07) is 5.37. The Hall–Kier alpha value is -4.60. The van der Waals surface area contributed by atoms with Crippen LogP contribution in [0.15, 0.2) is 42.4 Å². The lowest BCUT2D eigenvalue weighted by molar-refractivity contribution is -0.481. The van der Waals surface area contributed by atoms with Crippen LogP contribution < -0.4 is 15.5 Å². The van der Waals surface area contributed by atoms with Crippen LogP contribution in [0.5, 0.6) is 6.01 Å². The molecule has 2 aromatic carbocycles. The lowest BCUT2D eigenvalue weighted by Crippen LogP contribution is -2.49. The number of likely N-dealkylation sites (tertiary alicyclic amines) is 1. The van der Waals surface area contributed by atoms with Gasteiger partial charge in [-0.1, -0.05) is 12.0 Å². The summed E-state index contributed by atoms with van der Waals surface area (Å²) >= 11 is 0. The van der Waals surface area contributed by atoms with Crippen molar-refractivity contribution in [3.63, 3.8) is 0 Å². The molecule has 4 heterocycles. The summed E-state index contributed by atoms with van der Waals surface area (Å²) in [4.78, 5) is 26.7. The number of ether oxygens (including phenoxy) is 1. The fourth-order valence-electron chi connectivity index (χ4n) is 6.50. The van der Waals surface area contributed by atoms with Gasteiger partial charge in [-0.15, -0.1) is 6.42 Å². The molecule has 2 aromatic heterocycles. The van der Waals surface area contributed by atoms with E-state index in [1.54, 1.807) is 6.07 Å². The summed E-state index contributed by atoms with van der Waals surface area (Å²) < 4.78 is 51.0. The Balaban J connectivity index is 1.27. The van der Waals surface area contributed by atoms with Gasteiger partial charge in [0, 0.05) is 54.4 Å². The maximum atomic E-state index is 16.7. The summed E-state index contributed by atoms with van der Waals surface area (Å²) in [6.45, 7) is 1.21. The molecule has 16 heteroatoms. The van der Waals surface area contributed by atoms with E-state index >= 15 is 4.39 Å². The number of rotatable bonds is 7. The quantitative estimate of drug-likeness (QED) is 0.0740. The Morgan fingerprint density at radius 1 is 1.14 bits per heavy atom. The van der Waals surface area contributed by atoms with Crippen molar-refractivity contribution in [2.24, 2.45) is 5.92 Å². The van der Waals surface area contributed by atoms with E-state index in [0.717, 1.165) is 11.3 Å². The van der Waals surface area contributed by atoms with Gasteiger partial charge in [0.2, 0.25) is 0 Å². The van der Waals surface area contributed by atoms with E-state index in [1.165, 1.54) is 24.4 Å². The summed E-state index contributed by atoms with van der Waals surface area (Å²) in [5.41, 5.74) is 6.19. The molecule has 2 saturated heterocycles. The second kappa shape index (κ2) is 13.0. The number of fused-ring (bicyclic) bond motifs is 3. The number of pyridine rings is 1. The molecule has 49 heavy (non-hydrogen) atoms. The van der Waals surface area contributed by atoms with Gasteiger partial charge in [0.05, 0.1) is 30.5 Å². The van der Waals surface area contributed by atoms with Crippen LogP contribution in [0.1, 0.15) is 24.8 Å². The SMILES string of the molecule is C#Cc1c(F)ccc2cc(N)cc(-c3ncc4c(N5CCOCC6CC65)nc(OOOC5CCN(C(O)(O)O)CC/C5=C/F)nc4c3F)c12. The molecule has 2 aliphatic heterocycles. The van der Waals surface area contributed by atoms with Crippen LogP contribution >= 0.6 is 0 Å². The molecule has 0 amide bonds. The number of aliphatic hydroxyl groups is 3. The van der Waals surface area contributed by atoms with Crippen molar-refractivity contribution >= 4 is 33.2 Å². The molecule has 0 spiro atoms. The smallest absolute Gasteiger partial charge is 0.359 e. The Morgan fingerprint density at radius 2 is 1.98 bits per heavy atom. The number of terminal acetylenes is 1. The lowest BCUT2D eigenvalue weighted by atomic mass is 9.95. The highest BCUT2D eigenvalue weighted by molar-refractivity contribution is 6.03. The molecule has 13 nitrogen and oxygen atoms in total. The number of anilines is 2. The fourth-order valence-corrected chi connectivity index (χ4v) is 6.50. The molecular formula is C33H31F3N6O7. The van der Waals surface area contributed by atoms with Crippen molar-refractivity contribution in [1.82, 2.24) is 19.9 Å². The minimum atomic E-state index is -3.10. The molecule has 3 fully saturated rings. The molecule has 0 bridgehead atoms. The van der Waals surface area contributed by atoms with Gasteiger partial charge in [0.25, 0.3) is 0 Å². The molecule has 3 unspecified atom stereocenters. The van der Waals surface area contributed by atoms with Gasteiger partial charge in [-0.2, -0.15) is 14.9 Å². The van der Waals surface area contributed by atoms with Crippen LogP contribution in [0.2, 0.25) is 0 Å². The Bertz CT molecular complexity index is 2000. The first-order chi connectivity index (χ1) is 23.6. The number of nitrogens with zero attached hydrogens (tertiary/aromatic N) is 5. The first-order valence-corrected chi connectivity index (χ1v) is 15.5. The number of nitrogens with two attached hydrogens (primary N) is 1. The highest BCUT2D eigenvalue weighted by Gasteiger charge is 2.45. The minimum absolute atomic E-state index is 0.0265. The van der Waals surface area contributed by atoms with Gasteiger partial charge in [-0.05, 0) is 53.5 Å². The summed E-state index contributed by atoms with van der Waals surface area (Å²) in [5.74, 6) is 1.33. The topological polar surface area (TPSA) is 169 Å². The zero-order valence-corrected chi connectivity index (χ0v) is 25.9. The highest BCUT2D eigenvalue weighted by atomic mass is 19.1. The Morgan fingerprint density at radius 3 is 2.76 bits per heavy atom. The van der Waals surface area contributed by atoms with Crippen LogP contribution in [0, 0.1) is 29.9 Å². The first kappa shape index (κ1) is 32.9. The zero-order chi connectivity index (χ0) is 34.4. The zero-order valence-electron chi connectivity index (χ0n) is 25.9. The molecule has 0 radical (unpaired) electrons. The highest BCUT2D eigenvalue weighted by Crippen LogP contribution is 2.43. The second-order valence-corrected chi connectivity index (χ2v) is 12.1. The number of hydrogen-bond donors (Lipinski definition) is 4. The largest absolute Gasteiger partial charge is 0.399 e. The van der Waals surface area contributed by atoms with E-state index < -0.39 is 29.8 Å². The Labute approximate surface area is 277 Å². The van der Waals surface area contributed by atoms with E-state index in [2.05, 4.69) is 20.9 Å². The van der Waals surface area contributed by atoms with E-state index in [0.29, 0.717) is 37.3 Å². The van der Waals surface area contributed by atoms with Crippen molar-refractivity contribution in [3.05, 3.63) is 59.6 Å². The number of hydrogen-bond acceptors (Lipinski definition) is 13. The van der Waals surface area contributed by atoms with Crippen LogP contribution in [-0.4, -0.2) is 86.3 Å². The maximum absolute atomic E-state index is 16.7. The van der Waals surface area contributed by atoms with Crippen molar-refractivity contribution in [1.29, 1.82) is 0 Å². The van der Waals surface area contributed by atoms with Crippen LogP contribution in [0.4, 0.5) is 24.7 Å². The van der Waals surface area contributed by atoms with Gasteiger partial charge in [0.15, 0.2) is 5.82 Å². The molecule has 3 aliphatic rings. The predicted octanol–water partition coefficient (Wildman–Crippen LogP) is 3.06. The average molecular weight is 681 g/mol. The van der Waals surface area contributed by atoms with Crippen LogP contribution in [0.3, 0.4) is 0 Å². The molecular weight excluding hydrogens is 649 g/mol. The number of aromatic nitrogens is 3. The first-order valence-electron chi connectivity index (χ1n) is 15.5. The monoisotopic (exact) mass is 680 g/mol. The van der Waals surface area contributed by atoms with Gasteiger partial charge < -0.3 is 30.7 Å². The second-order valence-electron chi connectivity index (χ2n) is 12.1. The van der Waals surface area contributed by atoms with Crippen LogP contribution in [-0.2, 0) is 14.7 Å². The van der Waals surface area contributed by atoms with Crippen molar-refractivity contribution in [2.75, 3.05) is 43.5 Å². The molecule has 5 N–H and O–H groups in total. The van der Waals surface area contributed by atoms with Gasteiger partial charge in [-0.3, -0.25) is 9.87 Å². The molecule has 1 aliphatic carbocycles. The summed E-state index contributed by atoms with van der Waals surface area (Å²) in [6.07, 6.45) is 3.99. The predicted molar refractivity (Wildman–Crippen MR) is 169 cm³/mol. The van der Waals surface area contributed by atoms with Crippen LogP contribution in [0.25, 0.3) is 32.9 Å².